The lowest BCUT2D eigenvalue weighted by Crippen LogP contribution is -2.52. The highest BCUT2D eigenvalue weighted by molar-refractivity contribution is 5.95. The first-order chi connectivity index (χ1) is 18.8. The number of ether oxygens (including phenoxy) is 2. The van der Waals surface area contributed by atoms with Gasteiger partial charge in [0.05, 0.1) is 7.11 Å². The maximum absolute atomic E-state index is 13.5. The number of carbonyl (C=O) groups is 1. The van der Waals surface area contributed by atoms with Crippen LogP contribution in [0.1, 0.15) is 30.5 Å². The largest absolute Gasteiger partial charge is 0.497 e. The highest BCUT2D eigenvalue weighted by Crippen LogP contribution is 2.36. The van der Waals surface area contributed by atoms with E-state index in [2.05, 4.69) is 0 Å². The van der Waals surface area contributed by atoms with Gasteiger partial charge in [-0.1, -0.05) is 18.2 Å². The van der Waals surface area contributed by atoms with Crippen molar-refractivity contribution in [2.45, 2.75) is 38.8 Å². The second-order valence-corrected chi connectivity index (χ2v) is 10.5. The van der Waals surface area contributed by atoms with E-state index in [-0.39, 0.29) is 23.3 Å². The number of aromatic nitrogens is 1. The SMILES string of the molecule is COc1ccc(-c2cc(=O)oc3c(C)c(OC(C)C(=O)N4C[C@H]5C[C@H](C4)c4cccc(=O)n4C5)ccc23)cc1. The summed E-state index contributed by atoms with van der Waals surface area (Å²) < 4.78 is 18.9. The van der Waals surface area contributed by atoms with E-state index in [4.69, 9.17) is 13.9 Å². The van der Waals surface area contributed by atoms with E-state index in [0.29, 0.717) is 36.5 Å². The molecule has 1 fully saturated rings. The van der Waals surface area contributed by atoms with Crippen molar-refractivity contribution in [3.05, 3.63) is 92.7 Å². The van der Waals surface area contributed by atoms with Crippen LogP contribution in [0.25, 0.3) is 22.1 Å². The van der Waals surface area contributed by atoms with Crippen molar-refractivity contribution in [3.8, 4) is 22.6 Å². The molecule has 0 N–H and O–H groups in total. The molecule has 2 bridgehead atoms. The minimum Gasteiger partial charge on any atom is -0.497 e. The van der Waals surface area contributed by atoms with Crippen molar-refractivity contribution in [3.63, 3.8) is 0 Å². The molecule has 1 amide bonds. The minimum atomic E-state index is -0.727. The van der Waals surface area contributed by atoms with Crippen LogP contribution in [0.2, 0.25) is 0 Å². The van der Waals surface area contributed by atoms with Crippen LogP contribution in [-0.2, 0) is 11.3 Å². The summed E-state index contributed by atoms with van der Waals surface area (Å²) in [5.41, 5.74) is 3.26. The van der Waals surface area contributed by atoms with Crippen molar-refractivity contribution in [2.75, 3.05) is 20.2 Å². The van der Waals surface area contributed by atoms with Crippen molar-refractivity contribution < 1.29 is 18.7 Å². The van der Waals surface area contributed by atoms with E-state index in [9.17, 15) is 14.4 Å². The van der Waals surface area contributed by atoms with Gasteiger partial charge in [0.2, 0.25) is 0 Å². The number of methoxy groups -OCH3 is 1. The minimum absolute atomic E-state index is 0.0206. The van der Waals surface area contributed by atoms with Gasteiger partial charge in [-0.3, -0.25) is 9.59 Å². The number of fused-ring (bicyclic) bond motifs is 5. The molecular weight excluding hydrogens is 496 g/mol. The number of piperidine rings is 1. The van der Waals surface area contributed by atoms with Gasteiger partial charge in [0.15, 0.2) is 6.10 Å². The molecular formula is C31H30N2O6. The van der Waals surface area contributed by atoms with Crippen molar-refractivity contribution >= 4 is 16.9 Å². The quantitative estimate of drug-likeness (QED) is 0.359. The zero-order valence-electron chi connectivity index (χ0n) is 22.2. The van der Waals surface area contributed by atoms with Gasteiger partial charge < -0.3 is 23.4 Å². The second kappa shape index (κ2) is 9.76. The van der Waals surface area contributed by atoms with Gasteiger partial charge >= 0.3 is 5.63 Å². The molecule has 39 heavy (non-hydrogen) atoms. The molecule has 0 saturated carbocycles. The van der Waals surface area contributed by atoms with Crippen LogP contribution < -0.4 is 20.7 Å². The first-order valence-electron chi connectivity index (χ1n) is 13.2. The Kier molecular flexibility index (Phi) is 6.25. The maximum atomic E-state index is 13.5. The zero-order valence-corrected chi connectivity index (χ0v) is 22.2. The van der Waals surface area contributed by atoms with E-state index in [1.807, 2.05) is 58.9 Å². The Balaban J connectivity index is 1.25. The summed E-state index contributed by atoms with van der Waals surface area (Å²) in [5.74, 6) is 1.50. The third-order valence-electron chi connectivity index (χ3n) is 7.96. The summed E-state index contributed by atoms with van der Waals surface area (Å²) in [4.78, 5) is 40.2. The molecule has 0 aliphatic carbocycles. The molecule has 2 aromatic heterocycles. The lowest BCUT2D eigenvalue weighted by Gasteiger charge is -2.43. The number of amides is 1. The molecule has 8 heteroatoms. The second-order valence-electron chi connectivity index (χ2n) is 10.5. The summed E-state index contributed by atoms with van der Waals surface area (Å²) in [6, 6.07) is 18.0. The van der Waals surface area contributed by atoms with Crippen LogP contribution >= 0.6 is 0 Å². The summed E-state index contributed by atoms with van der Waals surface area (Å²) in [7, 11) is 1.61. The molecule has 200 valence electrons. The summed E-state index contributed by atoms with van der Waals surface area (Å²) >= 11 is 0. The molecule has 1 unspecified atom stereocenters. The van der Waals surface area contributed by atoms with Gasteiger partial charge in [-0.15, -0.1) is 0 Å². The number of rotatable bonds is 5. The first-order valence-corrected chi connectivity index (χ1v) is 13.2. The fraction of sp³-hybridized carbons (Fsp3) is 0.323. The van der Waals surface area contributed by atoms with Gasteiger partial charge in [-0.2, -0.15) is 0 Å². The fourth-order valence-electron chi connectivity index (χ4n) is 6.05. The van der Waals surface area contributed by atoms with Gasteiger partial charge in [0, 0.05) is 54.3 Å². The molecule has 6 rings (SSSR count). The number of benzene rings is 2. The van der Waals surface area contributed by atoms with E-state index in [0.717, 1.165) is 34.4 Å². The Morgan fingerprint density at radius 1 is 1.03 bits per heavy atom. The van der Waals surface area contributed by atoms with Gasteiger partial charge in [0.25, 0.3) is 11.5 Å². The van der Waals surface area contributed by atoms with Crippen LogP contribution in [0.15, 0.2) is 74.7 Å². The Bertz CT molecular complexity index is 1690. The molecule has 2 aliphatic heterocycles. The fourth-order valence-corrected chi connectivity index (χ4v) is 6.05. The molecule has 8 nitrogen and oxygen atoms in total. The van der Waals surface area contributed by atoms with Crippen molar-refractivity contribution in [1.82, 2.24) is 9.47 Å². The topological polar surface area (TPSA) is 91.0 Å². The Morgan fingerprint density at radius 3 is 2.59 bits per heavy atom. The number of likely N-dealkylation sites (tertiary alicyclic amines) is 1. The number of hydrogen-bond donors (Lipinski definition) is 0. The molecule has 3 atom stereocenters. The first kappa shape index (κ1) is 25.0. The molecule has 4 aromatic rings. The smallest absolute Gasteiger partial charge is 0.336 e. The van der Waals surface area contributed by atoms with E-state index < -0.39 is 11.7 Å². The predicted molar refractivity (Wildman–Crippen MR) is 147 cm³/mol. The zero-order chi connectivity index (χ0) is 27.3. The predicted octanol–water partition coefficient (Wildman–Crippen LogP) is 4.35. The van der Waals surface area contributed by atoms with Gasteiger partial charge in [-0.05, 0) is 67.6 Å². The number of hydrogen-bond acceptors (Lipinski definition) is 6. The van der Waals surface area contributed by atoms with Crippen LogP contribution in [0.3, 0.4) is 0 Å². The third-order valence-corrected chi connectivity index (χ3v) is 7.96. The normalized spacial score (nSPS) is 18.9. The molecule has 2 aliphatic rings. The number of nitrogens with zero attached hydrogens (tertiary/aromatic N) is 2. The number of aryl methyl sites for hydroxylation is 1. The summed E-state index contributed by atoms with van der Waals surface area (Å²) in [6.07, 6.45) is 0.247. The number of pyridine rings is 1. The summed E-state index contributed by atoms with van der Waals surface area (Å²) in [6.45, 7) is 5.36. The van der Waals surface area contributed by atoms with Crippen LogP contribution in [0, 0.1) is 12.8 Å². The highest BCUT2D eigenvalue weighted by atomic mass is 16.5. The van der Waals surface area contributed by atoms with E-state index in [1.165, 1.54) is 6.07 Å². The molecule has 0 radical (unpaired) electrons. The lowest BCUT2D eigenvalue weighted by atomic mass is 9.83. The third kappa shape index (κ3) is 4.50. The van der Waals surface area contributed by atoms with E-state index >= 15 is 0 Å². The standard InChI is InChI=1S/C31H30N2O6/c1-18-27(12-11-24-25(14-29(35)39-30(18)24)21-7-9-23(37-3)10-8-21)38-19(2)31(36)32-15-20-13-22(17-32)26-5-4-6-28(34)33(26)16-20/h4-12,14,19-20,22H,13,15-17H2,1-3H3/t19?,20-,22-/m1/s1. The molecule has 1 saturated heterocycles. The van der Waals surface area contributed by atoms with E-state index in [1.54, 1.807) is 26.2 Å². The van der Waals surface area contributed by atoms with Gasteiger partial charge in [-0.25, -0.2) is 4.79 Å². The highest BCUT2D eigenvalue weighted by Gasteiger charge is 2.37. The van der Waals surface area contributed by atoms with Crippen LogP contribution in [-0.4, -0.2) is 41.7 Å². The Labute approximate surface area is 225 Å². The van der Waals surface area contributed by atoms with Crippen molar-refractivity contribution in [2.24, 2.45) is 5.92 Å². The molecule has 0 spiro atoms. The van der Waals surface area contributed by atoms with Gasteiger partial charge in [0.1, 0.15) is 17.1 Å². The molecule has 2 aromatic carbocycles. The average Bonchev–Trinajstić information content (AvgIpc) is 2.94. The van der Waals surface area contributed by atoms with Crippen LogP contribution in [0.4, 0.5) is 0 Å². The summed E-state index contributed by atoms with van der Waals surface area (Å²) in [5, 5.41) is 0.779. The number of carbonyl (C=O) groups excluding carboxylic acids is 1. The average molecular weight is 527 g/mol. The molecule has 4 heterocycles. The monoisotopic (exact) mass is 526 g/mol. The van der Waals surface area contributed by atoms with Crippen LogP contribution in [0.5, 0.6) is 11.5 Å². The Morgan fingerprint density at radius 2 is 1.82 bits per heavy atom. The maximum Gasteiger partial charge on any atom is 0.336 e. The lowest BCUT2D eigenvalue weighted by molar-refractivity contribution is -0.140. The van der Waals surface area contributed by atoms with Crippen molar-refractivity contribution in [1.29, 1.82) is 0 Å². The Hall–Kier alpha value is -4.33.